The zero-order valence-electron chi connectivity index (χ0n) is 17.8. The Kier molecular flexibility index (Phi) is 5.83. The Balaban J connectivity index is 2.00. The number of hydrogen-bond acceptors (Lipinski definition) is 7. The van der Waals surface area contributed by atoms with Gasteiger partial charge in [0.05, 0.1) is 20.4 Å². The molecule has 0 radical (unpaired) electrons. The first kappa shape index (κ1) is 22.4. The van der Waals surface area contributed by atoms with Gasteiger partial charge in [-0.25, -0.2) is 4.39 Å². The molecule has 0 aliphatic carbocycles. The Morgan fingerprint density at radius 3 is 2.33 bits per heavy atom. The van der Waals surface area contributed by atoms with Crippen molar-refractivity contribution in [2.45, 2.75) is 25.7 Å². The smallest absolute Gasteiger partial charge is 0.449 e. The van der Waals surface area contributed by atoms with Gasteiger partial charge in [-0.3, -0.25) is 14.5 Å². The number of rotatable bonds is 6. The third-order valence-electron chi connectivity index (χ3n) is 4.93. The highest BCUT2D eigenvalue weighted by molar-refractivity contribution is 5.79. The van der Waals surface area contributed by atoms with Gasteiger partial charge in [0.2, 0.25) is 17.5 Å². The van der Waals surface area contributed by atoms with Crippen LogP contribution in [0.5, 0.6) is 11.5 Å². The van der Waals surface area contributed by atoms with Crippen LogP contribution in [0, 0.1) is 0 Å². The van der Waals surface area contributed by atoms with Crippen molar-refractivity contribution in [1.82, 2.24) is 14.8 Å². The minimum atomic E-state index is -4.69. The zero-order valence-corrected chi connectivity index (χ0v) is 17.8. The van der Waals surface area contributed by atoms with Gasteiger partial charge in [0, 0.05) is 6.20 Å². The predicted molar refractivity (Wildman–Crippen MR) is 111 cm³/mol. The Hall–Kier alpha value is -3.83. The number of methoxy groups -OCH3 is 2. The van der Waals surface area contributed by atoms with Crippen molar-refractivity contribution in [2.75, 3.05) is 19.1 Å². The summed E-state index contributed by atoms with van der Waals surface area (Å²) < 4.78 is 71.0. The van der Waals surface area contributed by atoms with Gasteiger partial charge in [-0.1, -0.05) is 13.0 Å². The van der Waals surface area contributed by atoms with Crippen molar-refractivity contribution < 1.29 is 31.5 Å². The molecular weight excluding hydrogens is 446 g/mol. The van der Waals surface area contributed by atoms with E-state index >= 15 is 0 Å². The van der Waals surface area contributed by atoms with Crippen molar-refractivity contribution in [3.63, 3.8) is 0 Å². The molecule has 0 bridgehead atoms. The van der Waals surface area contributed by atoms with E-state index in [0.717, 1.165) is 18.3 Å². The Morgan fingerprint density at radius 1 is 1.06 bits per heavy atom. The normalized spacial score (nSPS) is 16.2. The first-order valence-corrected chi connectivity index (χ1v) is 9.81. The fourth-order valence-electron chi connectivity index (χ4n) is 3.45. The van der Waals surface area contributed by atoms with E-state index in [2.05, 4.69) is 15.2 Å². The molecule has 33 heavy (non-hydrogen) atoms. The lowest BCUT2D eigenvalue weighted by Gasteiger charge is -2.28. The van der Waals surface area contributed by atoms with Gasteiger partial charge < -0.3 is 13.9 Å². The van der Waals surface area contributed by atoms with Crippen LogP contribution in [-0.2, 0) is 6.18 Å². The molecule has 0 N–H and O–H groups in total. The molecule has 0 saturated heterocycles. The van der Waals surface area contributed by atoms with E-state index in [1.807, 2.05) is 6.92 Å². The second-order valence-electron chi connectivity index (χ2n) is 6.92. The van der Waals surface area contributed by atoms with Crippen LogP contribution in [0.1, 0.15) is 19.1 Å². The number of hydrogen-bond donors (Lipinski definition) is 0. The number of furan rings is 1. The van der Waals surface area contributed by atoms with E-state index < -0.39 is 23.9 Å². The summed E-state index contributed by atoms with van der Waals surface area (Å²) in [5, 5.41) is 8.22. The second-order valence-corrected chi connectivity index (χ2v) is 6.92. The van der Waals surface area contributed by atoms with Gasteiger partial charge in [0.25, 0.3) is 0 Å². The summed E-state index contributed by atoms with van der Waals surface area (Å²) in [5.41, 5.74) is 0.292. The number of alkyl halides is 3. The van der Waals surface area contributed by atoms with E-state index in [9.17, 15) is 17.6 Å². The van der Waals surface area contributed by atoms with Gasteiger partial charge in [-0.05, 0) is 30.7 Å². The summed E-state index contributed by atoms with van der Waals surface area (Å²) in [6.07, 6.45) is -2.43. The van der Waals surface area contributed by atoms with Crippen LogP contribution in [-0.4, -0.2) is 41.4 Å². The lowest BCUT2D eigenvalue weighted by molar-refractivity contribution is -0.152. The summed E-state index contributed by atoms with van der Waals surface area (Å²) in [5.74, 6) is -1.37. The molecular formula is C21H19F4N5O3. The first-order chi connectivity index (χ1) is 15.8. The van der Waals surface area contributed by atoms with Crippen LogP contribution >= 0.6 is 0 Å². The maximum Gasteiger partial charge on any atom is 0.449 e. The average Bonchev–Trinajstić information content (AvgIpc) is 3.45. The molecule has 1 unspecified atom stereocenters. The van der Waals surface area contributed by atoms with E-state index in [1.165, 1.54) is 29.9 Å². The second kappa shape index (κ2) is 8.60. The molecule has 8 nitrogen and oxygen atoms in total. The maximum atomic E-state index is 14.1. The largest absolute Gasteiger partial charge is 0.494 e. The fraction of sp³-hybridized carbons (Fsp3) is 0.286. The first-order valence-electron chi connectivity index (χ1n) is 9.81. The molecule has 12 heteroatoms. The van der Waals surface area contributed by atoms with Gasteiger partial charge in [-0.15, -0.1) is 10.2 Å². The van der Waals surface area contributed by atoms with Gasteiger partial charge in [-0.2, -0.15) is 13.2 Å². The van der Waals surface area contributed by atoms with Crippen LogP contribution < -0.4 is 14.4 Å². The van der Waals surface area contributed by atoms with Gasteiger partial charge in [0.15, 0.2) is 11.6 Å². The quantitative estimate of drug-likeness (QED) is 0.477. The fourth-order valence-corrected chi connectivity index (χ4v) is 3.45. The number of allylic oxidation sites excluding steroid dienone is 1. The molecule has 0 fully saturated rings. The topological polar surface area (TPSA) is 77.9 Å². The van der Waals surface area contributed by atoms with Crippen LogP contribution in [0.15, 0.2) is 51.8 Å². The molecule has 1 atom stereocenters. The predicted octanol–water partition coefficient (Wildman–Crippen LogP) is 5.00. The molecule has 2 aromatic heterocycles. The maximum absolute atomic E-state index is 14.1. The Morgan fingerprint density at radius 2 is 1.76 bits per heavy atom. The van der Waals surface area contributed by atoms with E-state index in [1.54, 1.807) is 18.2 Å². The minimum Gasteiger partial charge on any atom is -0.494 e. The number of halogens is 4. The summed E-state index contributed by atoms with van der Waals surface area (Å²) in [6.45, 7) is 1.85. The highest BCUT2D eigenvalue weighted by Crippen LogP contribution is 2.41. The van der Waals surface area contributed by atoms with E-state index in [-0.39, 0.29) is 17.5 Å². The van der Waals surface area contributed by atoms with Crippen LogP contribution in [0.25, 0.3) is 17.3 Å². The molecule has 0 saturated carbocycles. The third-order valence-corrected chi connectivity index (χ3v) is 4.93. The van der Waals surface area contributed by atoms with Crippen molar-refractivity contribution in [3.8, 4) is 28.8 Å². The van der Waals surface area contributed by atoms with Crippen LogP contribution in [0.3, 0.4) is 0 Å². The van der Waals surface area contributed by atoms with Crippen molar-refractivity contribution in [1.29, 1.82) is 0 Å². The van der Waals surface area contributed by atoms with E-state index in [0.29, 0.717) is 23.6 Å². The standard InChI is InChI=1S/C21H19F4N5O3/c1-4-17-26-10-12(22)11-29(17)20-28-27-19(15-8-9-16(33-15)21(23,24)25)30(20)18-13(31-2)6-5-7-14(18)32-3/h5-11,17H,4H2,1-3H3. The number of ether oxygens (including phenoxy) is 2. The molecule has 1 aliphatic rings. The Bertz CT molecular complexity index is 1190. The van der Waals surface area contributed by atoms with Crippen LogP contribution in [0.2, 0.25) is 0 Å². The lowest BCUT2D eigenvalue weighted by Crippen LogP contribution is -2.33. The molecule has 3 aromatic rings. The lowest BCUT2D eigenvalue weighted by atomic mass is 10.2. The monoisotopic (exact) mass is 465 g/mol. The number of aromatic nitrogens is 3. The zero-order chi connectivity index (χ0) is 23.8. The van der Waals surface area contributed by atoms with Crippen molar-refractivity contribution in [2.24, 2.45) is 4.99 Å². The SMILES string of the molecule is CCC1N=CC(F)=CN1c1nnc(-c2ccc(C(F)(F)F)o2)n1-c1c(OC)cccc1OC. The summed E-state index contributed by atoms with van der Waals surface area (Å²) in [6, 6.07) is 6.89. The number of anilines is 1. The summed E-state index contributed by atoms with van der Waals surface area (Å²) in [4.78, 5) is 5.60. The van der Waals surface area contributed by atoms with E-state index in [4.69, 9.17) is 13.9 Å². The molecule has 1 aromatic carbocycles. The van der Waals surface area contributed by atoms with Crippen LogP contribution in [0.4, 0.5) is 23.5 Å². The molecule has 0 spiro atoms. The average molecular weight is 465 g/mol. The molecule has 4 rings (SSSR count). The number of nitrogens with zero attached hydrogens (tertiary/aromatic N) is 5. The molecule has 3 heterocycles. The number of aliphatic imine (C=N–C) groups is 1. The third kappa shape index (κ3) is 4.03. The van der Waals surface area contributed by atoms with Crippen molar-refractivity contribution in [3.05, 3.63) is 48.1 Å². The van der Waals surface area contributed by atoms with Gasteiger partial charge in [0.1, 0.15) is 23.4 Å². The van der Waals surface area contributed by atoms with Gasteiger partial charge >= 0.3 is 6.18 Å². The Labute approximate surface area is 185 Å². The highest BCUT2D eigenvalue weighted by atomic mass is 19.4. The number of benzene rings is 1. The summed E-state index contributed by atoms with van der Waals surface area (Å²) in [7, 11) is 2.85. The number of para-hydroxylation sites is 1. The summed E-state index contributed by atoms with van der Waals surface area (Å²) >= 11 is 0. The molecule has 1 aliphatic heterocycles. The highest BCUT2D eigenvalue weighted by Gasteiger charge is 2.36. The minimum absolute atomic E-state index is 0.0680. The molecule has 174 valence electrons. The van der Waals surface area contributed by atoms with Crippen molar-refractivity contribution >= 4 is 12.2 Å². The molecule has 0 amide bonds.